The van der Waals surface area contributed by atoms with Gasteiger partial charge in [-0.25, -0.2) is 0 Å². The van der Waals surface area contributed by atoms with Crippen molar-refractivity contribution in [1.82, 2.24) is 0 Å². The second kappa shape index (κ2) is 68.6. The summed E-state index contributed by atoms with van der Waals surface area (Å²) in [6, 6.07) is 0. The number of hydrogen-bond donors (Lipinski definition) is 0. The topological polar surface area (TPSA) is 78.9 Å². The highest BCUT2D eigenvalue weighted by molar-refractivity contribution is 5.71. The number of allylic oxidation sites excluding steroid dienone is 2. The van der Waals surface area contributed by atoms with E-state index in [4.69, 9.17) is 14.2 Å². The van der Waals surface area contributed by atoms with Crippen molar-refractivity contribution in [3.05, 3.63) is 12.2 Å². The van der Waals surface area contributed by atoms with Gasteiger partial charge in [0.1, 0.15) is 13.2 Å². The molecule has 0 bridgehead atoms. The van der Waals surface area contributed by atoms with Crippen LogP contribution in [0.4, 0.5) is 0 Å². The Morgan fingerprint density at radius 1 is 0.241 bits per heavy atom. The van der Waals surface area contributed by atoms with E-state index in [1.807, 2.05) is 0 Å². The average molecular weight is 1110 g/mol. The quantitative estimate of drug-likeness (QED) is 0.0261. The predicted molar refractivity (Wildman–Crippen MR) is 344 cm³/mol. The van der Waals surface area contributed by atoms with E-state index in [1.54, 1.807) is 0 Å². The summed E-state index contributed by atoms with van der Waals surface area (Å²) in [5.41, 5.74) is 0. The SMILES string of the molecule is CCCCC/C=C\CCCCCCCC(=O)OCC(COC(=O)CCCCCCCCCCCCCCCCCCCCCCCCCCCC)OC(=O)CCCCCCCCCCCCCCCCCCCCCCCCC. The van der Waals surface area contributed by atoms with Crippen molar-refractivity contribution in [2.45, 2.75) is 425 Å². The van der Waals surface area contributed by atoms with Gasteiger partial charge in [0, 0.05) is 19.3 Å². The smallest absolute Gasteiger partial charge is 0.306 e. The first-order chi connectivity index (χ1) is 39.0. The van der Waals surface area contributed by atoms with Crippen LogP contribution in [0.3, 0.4) is 0 Å². The molecule has 0 saturated heterocycles. The summed E-state index contributed by atoms with van der Waals surface area (Å²) in [4.78, 5) is 38.4. The predicted octanol–water partition coefficient (Wildman–Crippen LogP) is 24.8. The number of rotatable bonds is 68. The summed E-state index contributed by atoms with van der Waals surface area (Å²) < 4.78 is 17.0. The van der Waals surface area contributed by atoms with E-state index in [0.29, 0.717) is 19.3 Å². The lowest BCUT2D eigenvalue weighted by molar-refractivity contribution is -0.167. The highest BCUT2D eigenvalue weighted by Crippen LogP contribution is 2.19. The Morgan fingerprint density at radius 3 is 0.658 bits per heavy atom. The average Bonchev–Trinajstić information content (AvgIpc) is 3.45. The lowest BCUT2D eigenvalue weighted by Gasteiger charge is -2.18. The van der Waals surface area contributed by atoms with Gasteiger partial charge in [-0.15, -0.1) is 0 Å². The zero-order chi connectivity index (χ0) is 57.1. The van der Waals surface area contributed by atoms with E-state index in [1.165, 1.54) is 315 Å². The fraction of sp³-hybridized carbons (Fsp3) is 0.932. The number of unbranched alkanes of at least 4 members (excludes halogenated alkanes) is 55. The molecule has 0 aliphatic carbocycles. The molecule has 0 fully saturated rings. The van der Waals surface area contributed by atoms with E-state index < -0.39 is 6.10 Å². The molecule has 0 rings (SSSR count). The molecule has 6 heteroatoms. The first kappa shape index (κ1) is 77.2. The van der Waals surface area contributed by atoms with Gasteiger partial charge < -0.3 is 14.2 Å². The van der Waals surface area contributed by atoms with Gasteiger partial charge in [0.15, 0.2) is 6.10 Å². The van der Waals surface area contributed by atoms with Crippen molar-refractivity contribution in [1.29, 1.82) is 0 Å². The highest BCUT2D eigenvalue weighted by Gasteiger charge is 2.19. The van der Waals surface area contributed by atoms with Crippen molar-refractivity contribution >= 4 is 17.9 Å². The molecule has 0 aliphatic rings. The number of esters is 3. The summed E-state index contributed by atoms with van der Waals surface area (Å²) in [7, 11) is 0. The van der Waals surface area contributed by atoms with Gasteiger partial charge in [0.25, 0.3) is 0 Å². The molecule has 0 spiro atoms. The van der Waals surface area contributed by atoms with Gasteiger partial charge in [-0.2, -0.15) is 0 Å². The summed E-state index contributed by atoms with van der Waals surface area (Å²) in [6.07, 6.45) is 82.6. The van der Waals surface area contributed by atoms with Gasteiger partial charge in [0.2, 0.25) is 0 Å². The van der Waals surface area contributed by atoms with E-state index in [0.717, 1.165) is 64.2 Å². The number of hydrogen-bond acceptors (Lipinski definition) is 6. The Labute approximate surface area is 494 Å². The van der Waals surface area contributed by atoms with Crippen LogP contribution in [0.25, 0.3) is 0 Å². The fourth-order valence-electron chi connectivity index (χ4n) is 11.3. The first-order valence-electron chi connectivity index (χ1n) is 36.2. The molecular formula is C73H140O6. The maximum absolute atomic E-state index is 12.9. The maximum Gasteiger partial charge on any atom is 0.306 e. The lowest BCUT2D eigenvalue weighted by atomic mass is 10.0. The van der Waals surface area contributed by atoms with Crippen LogP contribution in [0.1, 0.15) is 419 Å². The zero-order valence-electron chi connectivity index (χ0n) is 53.9. The van der Waals surface area contributed by atoms with Crippen LogP contribution >= 0.6 is 0 Å². The molecule has 468 valence electrons. The Morgan fingerprint density at radius 2 is 0.418 bits per heavy atom. The van der Waals surface area contributed by atoms with Crippen LogP contribution in [0, 0.1) is 0 Å². The molecule has 0 aromatic carbocycles. The third kappa shape index (κ3) is 66.8. The molecule has 79 heavy (non-hydrogen) atoms. The van der Waals surface area contributed by atoms with Crippen LogP contribution in [0.2, 0.25) is 0 Å². The number of ether oxygens (including phenoxy) is 3. The Hall–Kier alpha value is -1.85. The molecular weight excluding hydrogens is 973 g/mol. The van der Waals surface area contributed by atoms with Crippen molar-refractivity contribution in [3.63, 3.8) is 0 Å². The standard InChI is InChI=1S/C73H140O6/c1-4-7-10-13-16-19-22-25-27-29-31-33-35-36-37-39-40-42-44-46-48-51-54-57-60-63-66-72(75)78-69-70(68-77-71(74)65-62-59-56-53-50-24-21-18-15-12-9-6-3)79-73(76)67-64-61-58-55-52-49-47-45-43-41-38-34-32-30-28-26-23-20-17-14-11-8-5-2/h18,21,70H,4-17,19-20,22-69H2,1-3H3/b21-18-. The normalized spacial score (nSPS) is 12.0. The summed E-state index contributed by atoms with van der Waals surface area (Å²) >= 11 is 0. The second-order valence-electron chi connectivity index (χ2n) is 24.9. The van der Waals surface area contributed by atoms with Gasteiger partial charge in [-0.3, -0.25) is 14.4 Å². The third-order valence-corrected chi connectivity index (χ3v) is 16.8. The van der Waals surface area contributed by atoms with Crippen LogP contribution < -0.4 is 0 Å². The number of carbonyl (C=O) groups is 3. The molecule has 1 atom stereocenters. The lowest BCUT2D eigenvalue weighted by Crippen LogP contribution is -2.30. The molecule has 0 aromatic rings. The van der Waals surface area contributed by atoms with E-state index in [-0.39, 0.29) is 31.1 Å². The van der Waals surface area contributed by atoms with Crippen LogP contribution in [-0.2, 0) is 28.6 Å². The van der Waals surface area contributed by atoms with Crippen LogP contribution in [-0.4, -0.2) is 37.2 Å². The van der Waals surface area contributed by atoms with Crippen molar-refractivity contribution < 1.29 is 28.6 Å². The molecule has 6 nitrogen and oxygen atoms in total. The largest absolute Gasteiger partial charge is 0.462 e. The van der Waals surface area contributed by atoms with E-state index in [2.05, 4.69) is 32.9 Å². The van der Waals surface area contributed by atoms with Crippen LogP contribution in [0.15, 0.2) is 12.2 Å². The van der Waals surface area contributed by atoms with Crippen molar-refractivity contribution in [2.24, 2.45) is 0 Å². The van der Waals surface area contributed by atoms with Gasteiger partial charge >= 0.3 is 17.9 Å². The minimum atomic E-state index is -0.770. The Bertz CT molecular complexity index is 1230. The summed E-state index contributed by atoms with van der Waals surface area (Å²) in [6.45, 7) is 6.70. The van der Waals surface area contributed by atoms with Crippen molar-refractivity contribution in [2.75, 3.05) is 13.2 Å². The molecule has 0 aromatic heterocycles. The number of carbonyl (C=O) groups excluding carboxylic acids is 3. The summed E-state index contributed by atoms with van der Waals surface area (Å²) in [5, 5.41) is 0. The molecule has 1 unspecified atom stereocenters. The molecule has 0 N–H and O–H groups in total. The second-order valence-corrected chi connectivity index (χ2v) is 24.9. The van der Waals surface area contributed by atoms with Gasteiger partial charge in [0.05, 0.1) is 0 Å². The molecule has 0 radical (unpaired) electrons. The monoisotopic (exact) mass is 1110 g/mol. The fourth-order valence-corrected chi connectivity index (χ4v) is 11.3. The zero-order valence-corrected chi connectivity index (χ0v) is 53.9. The molecule has 0 saturated carbocycles. The Balaban J connectivity index is 4.16. The summed E-state index contributed by atoms with van der Waals surface area (Å²) in [5.74, 6) is -0.840. The first-order valence-corrected chi connectivity index (χ1v) is 36.2. The third-order valence-electron chi connectivity index (χ3n) is 16.8. The minimum absolute atomic E-state index is 0.0657. The molecule has 0 aliphatic heterocycles. The van der Waals surface area contributed by atoms with E-state index in [9.17, 15) is 14.4 Å². The maximum atomic E-state index is 12.9. The van der Waals surface area contributed by atoms with Gasteiger partial charge in [-0.05, 0) is 44.9 Å². The van der Waals surface area contributed by atoms with E-state index >= 15 is 0 Å². The highest BCUT2D eigenvalue weighted by atomic mass is 16.6. The molecule has 0 heterocycles. The molecule has 0 amide bonds. The van der Waals surface area contributed by atoms with Gasteiger partial charge in [-0.1, -0.05) is 367 Å². The minimum Gasteiger partial charge on any atom is -0.462 e. The van der Waals surface area contributed by atoms with Crippen molar-refractivity contribution in [3.8, 4) is 0 Å². The van der Waals surface area contributed by atoms with Crippen LogP contribution in [0.5, 0.6) is 0 Å². The Kier molecular flexibility index (Phi) is 67.0.